The summed E-state index contributed by atoms with van der Waals surface area (Å²) in [6.45, 7) is 9.21. The van der Waals surface area contributed by atoms with Gasteiger partial charge in [-0.25, -0.2) is 0 Å². The topological polar surface area (TPSA) is 41.4 Å². The van der Waals surface area contributed by atoms with E-state index in [0.29, 0.717) is 18.2 Å². The van der Waals surface area contributed by atoms with Crippen LogP contribution in [0.1, 0.15) is 74.1 Å². The maximum Gasteiger partial charge on any atom is 0.274 e. The molecule has 29 heavy (non-hydrogen) atoms. The normalized spacial score (nSPS) is 18.8. The lowest BCUT2D eigenvalue weighted by Gasteiger charge is -2.37. The average Bonchev–Trinajstić information content (AvgIpc) is 3.44. The second-order valence-corrected chi connectivity index (χ2v) is 9.76. The Morgan fingerprint density at radius 3 is 2.34 bits per heavy atom. The van der Waals surface area contributed by atoms with Gasteiger partial charge in [-0.2, -0.15) is 5.10 Å². The first kappa shape index (κ1) is 20.1. The largest absolute Gasteiger partial charge is 0.330 e. The molecule has 2 fully saturated rings. The second kappa shape index (κ2) is 7.94. The first-order valence-corrected chi connectivity index (χ1v) is 11.0. The van der Waals surface area contributed by atoms with E-state index in [0.717, 1.165) is 25.9 Å². The Morgan fingerprint density at radius 1 is 1.10 bits per heavy atom. The highest BCUT2D eigenvalue weighted by Gasteiger charge is 2.35. The molecule has 1 aliphatic heterocycles. The van der Waals surface area contributed by atoms with E-state index in [1.165, 1.54) is 24.1 Å². The van der Waals surface area contributed by atoms with Gasteiger partial charge in [-0.1, -0.05) is 30.3 Å². The van der Waals surface area contributed by atoms with E-state index in [2.05, 4.69) is 60.5 Å². The number of aromatic nitrogens is 2. The Bertz CT molecular complexity index is 840. The minimum Gasteiger partial charge on any atom is -0.330 e. The molecule has 1 saturated carbocycles. The van der Waals surface area contributed by atoms with Crippen LogP contribution in [0.2, 0.25) is 0 Å². The van der Waals surface area contributed by atoms with Crippen molar-refractivity contribution < 1.29 is 4.79 Å². The zero-order valence-corrected chi connectivity index (χ0v) is 18.3. The lowest BCUT2D eigenvalue weighted by Crippen LogP contribution is -2.46. The monoisotopic (exact) mass is 394 g/mol. The van der Waals surface area contributed by atoms with Crippen molar-refractivity contribution in [2.24, 2.45) is 0 Å². The molecule has 2 aliphatic rings. The predicted octanol–water partition coefficient (Wildman–Crippen LogP) is 4.25. The van der Waals surface area contributed by atoms with E-state index in [1.807, 2.05) is 18.2 Å². The van der Waals surface area contributed by atoms with Crippen molar-refractivity contribution in [3.05, 3.63) is 53.3 Å². The second-order valence-electron chi connectivity index (χ2n) is 9.76. The Balaban J connectivity index is 1.64. The number of nitrogens with zero attached hydrogens (tertiary/aromatic N) is 4. The summed E-state index contributed by atoms with van der Waals surface area (Å²) in [4.78, 5) is 18.1. The lowest BCUT2D eigenvalue weighted by molar-refractivity contribution is 0.0562. The van der Waals surface area contributed by atoms with Crippen LogP contribution in [0.3, 0.4) is 0 Å². The lowest BCUT2D eigenvalue weighted by atomic mass is 10.0. The maximum atomic E-state index is 13.7. The number of amides is 1. The van der Waals surface area contributed by atoms with Crippen LogP contribution in [-0.2, 0) is 12.1 Å². The standard InChI is InChI=1S/C24H34N4O/c1-24(2,3)28-22(19-10-11-19)16-21(25-28)23(29)27(17-18-8-6-5-7-9-18)20-12-14-26(4)15-13-20/h5-9,16,19-20H,10-15,17H2,1-4H3. The fourth-order valence-corrected chi connectivity index (χ4v) is 4.31. The molecule has 0 unspecified atom stereocenters. The van der Waals surface area contributed by atoms with E-state index in [9.17, 15) is 4.79 Å². The molecule has 1 aliphatic carbocycles. The number of rotatable bonds is 5. The molecule has 5 nitrogen and oxygen atoms in total. The van der Waals surface area contributed by atoms with Crippen molar-refractivity contribution in [3.63, 3.8) is 0 Å². The van der Waals surface area contributed by atoms with E-state index < -0.39 is 0 Å². The third-order valence-corrected chi connectivity index (χ3v) is 6.17. The Hall–Kier alpha value is -2.14. The van der Waals surface area contributed by atoms with E-state index in [4.69, 9.17) is 5.10 Å². The molecule has 0 N–H and O–H groups in total. The van der Waals surface area contributed by atoms with Crippen molar-refractivity contribution >= 4 is 5.91 Å². The van der Waals surface area contributed by atoms with Gasteiger partial charge in [0, 0.05) is 24.2 Å². The molecule has 1 aromatic heterocycles. The molecular formula is C24H34N4O. The number of piperidine rings is 1. The van der Waals surface area contributed by atoms with E-state index in [1.54, 1.807) is 0 Å². The molecule has 0 atom stereocenters. The van der Waals surface area contributed by atoms with Crippen LogP contribution in [0.15, 0.2) is 36.4 Å². The van der Waals surface area contributed by atoms with Crippen LogP contribution in [-0.4, -0.2) is 51.7 Å². The van der Waals surface area contributed by atoms with Gasteiger partial charge in [0.15, 0.2) is 5.69 Å². The third kappa shape index (κ3) is 4.55. The summed E-state index contributed by atoms with van der Waals surface area (Å²) in [7, 11) is 2.16. The smallest absolute Gasteiger partial charge is 0.274 e. The number of benzene rings is 1. The van der Waals surface area contributed by atoms with Gasteiger partial charge in [-0.15, -0.1) is 0 Å². The molecule has 4 rings (SSSR count). The number of carbonyl (C=O) groups is 1. The first-order valence-electron chi connectivity index (χ1n) is 11.0. The number of hydrogen-bond acceptors (Lipinski definition) is 3. The minimum absolute atomic E-state index is 0.0771. The Morgan fingerprint density at radius 2 is 1.76 bits per heavy atom. The fraction of sp³-hybridized carbons (Fsp3) is 0.583. The fourth-order valence-electron chi connectivity index (χ4n) is 4.31. The van der Waals surface area contributed by atoms with Crippen LogP contribution in [0.25, 0.3) is 0 Å². The van der Waals surface area contributed by atoms with Crippen molar-refractivity contribution in [3.8, 4) is 0 Å². The third-order valence-electron chi connectivity index (χ3n) is 6.17. The molecule has 2 aromatic rings. The molecule has 156 valence electrons. The molecule has 2 heterocycles. The van der Waals surface area contributed by atoms with Crippen LogP contribution in [0.5, 0.6) is 0 Å². The summed E-state index contributed by atoms with van der Waals surface area (Å²) >= 11 is 0. The van der Waals surface area contributed by atoms with Gasteiger partial charge in [-0.3, -0.25) is 9.48 Å². The molecule has 1 aromatic carbocycles. The zero-order valence-electron chi connectivity index (χ0n) is 18.3. The molecule has 1 saturated heterocycles. The van der Waals surface area contributed by atoms with Gasteiger partial charge in [0.1, 0.15) is 0 Å². The number of hydrogen-bond donors (Lipinski definition) is 0. The van der Waals surface area contributed by atoms with Crippen LogP contribution >= 0.6 is 0 Å². The van der Waals surface area contributed by atoms with Crippen LogP contribution < -0.4 is 0 Å². The Kier molecular flexibility index (Phi) is 5.52. The summed E-state index contributed by atoms with van der Waals surface area (Å²) in [5, 5.41) is 4.83. The molecular weight excluding hydrogens is 360 g/mol. The van der Waals surface area contributed by atoms with Gasteiger partial charge in [-0.05, 0) is 78.2 Å². The van der Waals surface area contributed by atoms with Crippen molar-refractivity contribution in [1.82, 2.24) is 19.6 Å². The molecule has 0 radical (unpaired) electrons. The predicted molar refractivity (Wildman–Crippen MR) is 116 cm³/mol. The molecule has 5 heteroatoms. The summed E-state index contributed by atoms with van der Waals surface area (Å²) < 4.78 is 2.09. The summed E-state index contributed by atoms with van der Waals surface area (Å²) in [5.41, 5.74) is 2.90. The highest BCUT2D eigenvalue weighted by atomic mass is 16.2. The van der Waals surface area contributed by atoms with Crippen LogP contribution in [0, 0.1) is 0 Å². The quantitative estimate of drug-likeness (QED) is 0.761. The minimum atomic E-state index is -0.117. The van der Waals surface area contributed by atoms with Crippen molar-refractivity contribution in [1.29, 1.82) is 0 Å². The zero-order chi connectivity index (χ0) is 20.6. The molecule has 0 bridgehead atoms. The Labute approximate surface area is 174 Å². The van der Waals surface area contributed by atoms with Gasteiger partial charge in [0.05, 0.1) is 5.54 Å². The summed E-state index contributed by atoms with van der Waals surface area (Å²) in [6, 6.07) is 12.7. The van der Waals surface area contributed by atoms with Gasteiger partial charge < -0.3 is 9.80 Å². The van der Waals surface area contributed by atoms with Gasteiger partial charge >= 0.3 is 0 Å². The summed E-state index contributed by atoms with van der Waals surface area (Å²) in [5.74, 6) is 0.641. The van der Waals surface area contributed by atoms with E-state index >= 15 is 0 Å². The summed E-state index contributed by atoms with van der Waals surface area (Å²) in [6.07, 6.45) is 4.45. The number of likely N-dealkylation sites (tertiary alicyclic amines) is 1. The van der Waals surface area contributed by atoms with Crippen molar-refractivity contribution in [2.45, 2.75) is 70.5 Å². The van der Waals surface area contributed by atoms with Gasteiger partial charge in [0.2, 0.25) is 0 Å². The van der Waals surface area contributed by atoms with Crippen LogP contribution in [0.4, 0.5) is 0 Å². The number of carbonyl (C=O) groups excluding carboxylic acids is 1. The van der Waals surface area contributed by atoms with Crippen molar-refractivity contribution in [2.75, 3.05) is 20.1 Å². The average molecular weight is 395 g/mol. The molecule has 0 spiro atoms. The van der Waals surface area contributed by atoms with E-state index in [-0.39, 0.29) is 17.5 Å². The maximum absolute atomic E-state index is 13.7. The highest BCUT2D eigenvalue weighted by Crippen LogP contribution is 2.42. The van der Waals surface area contributed by atoms with Gasteiger partial charge in [0.25, 0.3) is 5.91 Å². The highest BCUT2D eigenvalue weighted by molar-refractivity contribution is 5.92. The molecule has 1 amide bonds. The first-order chi connectivity index (χ1) is 13.8. The SMILES string of the molecule is CN1CCC(N(Cc2ccccc2)C(=O)c2cc(C3CC3)n(C(C)(C)C)n2)CC1.